The van der Waals surface area contributed by atoms with Crippen LogP contribution in [0.2, 0.25) is 0 Å². The zero-order chi connectivity index (χ0) is 19.5. The first-order valence-electron chi connectivity index (χ1n) is 9.92. The second-order valence-electron chi connectivity index (χ2n) is 7.71. The van der Waals surface area contributed by atoms with Gasteiger partial charge in [-0.15, -0.1) is 11.3 Å². The van der Waals surface area contributed by atoms with E-state index in [1.54, 1.807) is 11.3 Å². The molecule has 1 atom stereocenters. The minimum atomic E-state index is 0.0364. The number of thiazole rings is 1. The summed E-state index contributed by atoms with van der Waals surface area (Å²) in [5.41, 5.74) is 4.51. The quantitative estimate of drug-likeness (QED) is 0.680. The SMILES string of the molecule is CC(C)c1nc(CC(=O)NC2CCCc3c2cnn3Cc2ccccc2)cs1. The average molecular weight is 395 g/mol. The zero-order valence-electron chi connectivity index (χ0n) is 16.4. The van der Waals surface area contributed by atoms with Crippen LogP contribution in [0.4, 0.5) is 0 Å². The summed E-state index contributed by atoms with van der Waals surface area (Å²) in [5.74, 6) is 0.437. The van der Waals surface area contributed by atoms with Crippen molar-refractivity contribution in [3.63, 3.8) is 0 Å². The molecule has 1 unspecified atom stereocenters. The Bertz CT molecular complexity index is 945. The average Bonchev–Trinajstić information content (AvgIpc) is 3.31. The number of rotatable bonds is 6. The fraction of sp³-hybridized carbons (Fsp3) is 0.409. The lowest BCUT2D eigenvalue weighted by Crippen LogP contribution is -2.32. The highest BCUT2D eigenvalue weighted by Crippen LogP contribution is 2.30. The molecule has 0 saturated heterocycles. The molecule has 1 aromatic carbocycles. The number of amides is 1. The lowest BCUT2D eigenvalue weighted by Gasteiger charge is -2.24. The van der Waals surface area contributed by atoms with Crippen LogP contribution in [0, 0.1) is 0 Å². The van der Waals surface area contributed by atoms with E-state index in [1.807, 2.05) is 17.6 Å². The van der Waals surface area contributed by atoms with E-state index in [0.29, 0.717) is 12.3 Å². The monoisotopic (exact) mass is 394 g/mol. The van der Waals surface area contributed by atoms with Gasteiger partial charge in [0.15, 0.2) is 0 Å². The summed E-state index contributed by atoms with van der Waals surface area (Å²) in [6.07, 6.45) is 5.31. The normalized spacial score (nSPS) is 16.2. The molecule has 1 amide bonds. The van der Waals surface area contributed by atoms with Crippen molar-refractivity contribution in [3.8, 4) is 0 Å². The largest absolute Gasteiger partial charge is 0.349 e. The van der Waals surface area contributed by atoms with Gasteiger partial charge in [-0.2, -0.15) is 5.10 Å². The van der Waals surface area contributed by atoms with Crippen molar-refractivity contribution in [2.45, 2.75) is 58.0 Å². The van der Waals surface area contributed by atoms with Gasteiger partial charge < -0.3 is 5.32 Å². The lowest BCUT2D eigenvalue weighted by atomic mass is 9.92. The predicted octanol–water partition coefficient (Wildman–Crippen LogP) is 4.25. The maximum atomic E-state index is 12.6. The highest BCUT2D eigenvalue weighted by molar-refractivity contribution is 7.09. The van der Waals surface area contributed by atoms with Gasteiger partial charge in [-0.05, 0) is 24.8 Å². The highest BCUT2D eigenvalue weighted by Gasteiger charge is 2.26. The van der Waals surface area contributed by atoms with Gasteiger partial charge in [0, 0.05) is 22.6 Å². The molecular weight excluding hydrogens is 368 g/mol. The molecule has 3 aromatic rings. The van der Waals surface area contributed by atoms with Crippen molar-refractivity contribution < 1.29 is 4.79 Å². The van der Waals surface area contributed by atoms with Crippen molar-refractivity contribution in [2.24, 2.45) is 0 Å². The van der Waals surface area contributed by atoms with Crippen LogP contribution in [-0.2, 0) is 24.2 Å². The van der Waals surface area contributed by atoms with Gasteiger partial charge >= 0.3 is 0 Å². The summed E-state index contributed by atoms with van der Waals surface area (Å²) in [6, 6.07) is 10.4. The molecule has 0 saturated carbocycles. The molecule has 6 heteroatoms. The molecular formula is C22H26N4OS. The fourth-order valence-corrected chi connectivity index (χ4v) is 4.58. The van der Waals surface area contributed by atoms with Gasteiger partial charge in [-0.25, -0.2) is 4.98 Å². The van der Waals surface area contributed by atoms with Crippen LogP contribution in [0.5, 0.6) is 0 Å². The zero-order valence-corrected chi connectivity index (χ0v) is 17.2. The molecule has 1 aliphatic carbocycles. The molecule has 0 spiro atoms. The molecule has 2 heterocycles. The van der Waals surface area contributed by atoms with Crippen LogP contribution in [0.15, 0.2) is 41.9 Å². The Morgan fingerprint density at radius 3 is 2.89 bits per heavy atom. The van der Waals surface area contributed by atoms with E-state index in [4.69, 9.17) is 0 Å². The standard InChI is InChI=1S/C22H26N4OS/c1-15(2)22-24-17(14-28-22)11-21(27)25-19-9-6-10-20-18(19)12-23-26(20)13-16-7-4-3-5-8-16/h3-5,7-8,12,14-15,19H,6,9-11,13H2,1-2H3,(H,25,27). The molecule has 0 fully saturated rings. The molecule has 0 bridgehead atoms. The molecule has 4 rings (SSSR count). The third-order valence-electron chi connectivity index (χ3n) is 5.18. The molecule has 5 nitrogen and oxygen atoms in total. The highest BCUT2D eigenvalue weighted by atomic mass is 32.1. The maximum Gasteiger partial charge on any atom is 0.226 e. The summed E-state index contributed by atoms with van der Waals surface area (Å²) in [4.78, 5) is 17.2. The predicted molar refractivity (Wildman–Crippen MR) is 111 cm³/mol. The summed E-state index contributed by atoms with van der Waals surface area (Å²) in [6.45, 7) is 5.02. The van der Waals surface area contributed by atoms with Gasteiger partial charge in [0.2, 0.25) is 5.91 Å². The van der Waals surface area contributed by atoms with E-state index in [2.05, 4.69) is 58.2 Å². The summed E-state index contributed by atoms with van der Waals surface area (Å²) in [7, 11) is 0. The summed E-state index contributed by atoms with van der Waals surface area (Å²) >= 11 is 1.63. The molecule has 1 N–H and O–H groups in total. The van der Waals surface area contributed by atoms with E-state index in [-0.39, 0.29) is 11.9 Å². The van der Waals surface area contributed by atoms with Gasteiger partial charge in [0.25, 0.3) is 0 Å². The number of fused-ring (bicyclic) bond motifs is 1. The van der Waals surface area contributed by atoms with Gasteiger partial charge in [0.05, 0.1) is 35.9 Å². The van der Waals surface area contributed by atoms with Crippen LogP contribution in [-0.4, -0.2) is 20.7 Å². The number of nitrogens with zero attached hydrogens (tertiary/aromatic N) is 3. The first-order valence-corrected chi connectivity index (χ1v) is 10.8. The van der Waals surface area contributed by atoms with Crippen molar-refractivity contribution in [2.75, 3.05) is 0 Å². The topological polar surface area (TPSA) is 59.8 Å². The molecule has 2 aromatic heterocycles. The van der Waals surface area contributed by atoms with E-state index >= 15 is 0 Å². The second kappa shape index (κ2) is 8.27. The van der Waals surface area contributed by atoms with Gasteiger partial charge in [0.1, 0.15) is 0 Å². The fourth-order valence-electron chi connectivity index (χ4n) is 3.74. The third-order valence-corrected chi connectivity index (χ3v) is 6.37. The minimum Gasteiger partial charge on any atom is -0.349 e. The van der Waals surface area contributed by atoms with E-state index < -0.39 is 0 Å². The molecule has 1 aliphatic rings. The number of nitrogens with one attached hydrogen (secondary N) is 1. The Kier molecular flexibility index (Phi) is 5.57. The van der Waals surface area contributed by atoms with E-state index in [9.17, 15) is 4.79 Å². The van der Waals surface area contributed by atoms with Crippen LogP contribution in [0.3, 0.4) is 0 Å². The van der Waals surface area contributed by atoms with E-state index in [1.165, 1.54) is 11.3 Å². The smallest absolute Gasteiger partial charge is 0.226 e. The Morgan fingerprint density at radius 2 is 2.14 bits per heavy atom. The number of hydrogen-bond acceptors (Lipinski definition) is 4. The van der Waals surface area contributed by atoms with Crippen molar-refractivity contribution >= 4 is 17.2 Å². The Morgan fingerprint density at radius 1 is 1.32 bits per heavy atom. The Labute approximate surface area is 169 Å². The van der Waals surface area contributed by atoms with Crippen LogP contribution < -0.4 is 5.32 Å². The Hall–Kier alpha value is -2.47. The molecule has 0 radical (unpaired) electrons. The van der Waals surface area contributed by atoms with Crippen LogP contribution in [0.25, 0.3) is 0 Å². The number of carbonyl (C=O) groups excluding carboxylic acids is 1. The lowest BCUT2D eigenvalue weighted by molar-refractivity contribution is -0.121. The number of carbonyl (C=O) groups is 1. The summed E-state index contributed by atoms with van der Waals surface area (Å²) < 4.78 is 2.08. The number of aromatic nitrogens is 3. The first-order chi connectivity index (χ1) is 13.6. The maximum absolute atomic E-state index is 12.6. The van der Waals surface area contributed by atoms with Crippen molar-refractivity contribution in [1.82, 2.24) is 20.1 Å². The van der Waals surface area contributed by atoms with Gasteiger partial charge in [-0.3, -0.25) is 9.48 Å². The first kappa shape index (κ1) is 18.9. The van der Waals surface area contributed by atoms with E-state index in [0.717, 1.165) is 42.1 Å². The van der Waals surface area contributed by atoms with Crippen molar-refractivity contribution in [3.05, 3.63) is 69.4 Å². The Balaban J connectivity index is 1.43. The molecule has 0 aliphatic heterocycles. The number of hydrogen-bond donors (Lipinski definition) is 1. The molecule has 146 valence electrons. The third kappa shape index (κ3) is 4.17. The summed E-state index contributed by atoms with van der Waals surface area (Å²) in [5, 5.41) is 10.9. The van der Waals surface area contributed by atoms with Crippen LogP contribution in [0.1, 0.15) is 66.2 Å². The number of benzene rings is 1. The van der Waals surface area contributed by atoms with Gasteiger partial charge in [-0.1, -0.05) is 44.2 Å². The molecule has 28 heavy (non-hydrogen) atoms. The van der Waals surface area contributed by atoms with Crippen LogP contribution >= 0.6 is 11.3 Å². The second-order valence-corrected chi connectivity index (χ2v) is 8.60. The minimum absolute atomic E-state index is 0.0364. The van der Waals surface area contributed by atoms with Crippen molar-refractivity contribution in [1.29, 1.82) is 0 Å².